The smallest absolute Gasteiger partial charge is 0.264 e. The molecule has 6 nitrogen and oxygen atoms in total. The SMILES string of the molecule is Cc1nn(-c2ccc(Cl)cc2)c2sc(C(=O)N3CCN(C(=O)c4ccccc4)CC3)cc12. The second-order valence-electron chi connectivity index (χ2n) is 7.75. The van der Waals surface area contributed by atoms with Gasteiger partial charge in [0.05, 0.1) is 16.3 Å². The minimum atomic E-state index is 0.0000613. The summed E-state index contributed by atoms with van der Waals surface area (Å²) in [6.45, 7) is 4.05. The van der Waals surface area contributed by atoms with Gasteiger partial charge < -0.3 is 9.80 Å². The maximum Gasteiger partial charge on any atom is 0.264 e. The third kappa shape index (κ3) is 3.78. The second-order valence-corrected chi connectivity index (χ2v) is 9.22. The molecule has 0 aliphatic carbocycles. The van der Waals surface area contributed by atoms with Gasteiger partial charge in [0.25, 0.3) is 11.8 Å². The summed E-state index contributed by atoms with van der Waals surface area (Å²) < 4.78 is 1.86. The summed E-state index contributed by atoms with van der Waals surface area (Å²) in [5.74, 6) is 0.0123. The van der Waals surface area contributed by atoms with Gasteiger partial charge in [-0.15, -0.1) is 11.3 Å². The van der Waals surface area contributed by atoms with E-state index in [4.69, 9.17) is 11.6 Å². The van der Waals surface area contributed by atoms with Gasteiger partial charge in [-0.25, -0.2) is 4.68 Å². The molecule has 0 radical (unpaired) electrons. The molecule has 3 heterocycles. The predicted octanol–water partition coefficient (Wildman–Crippen LogP) is 4.65. The molecule has 0 N–H and O–H groups in total. The Labute approximate surface area is 194 Å². The lowest BCUT2D eigenvalue weighted by Crippen LogP contribution is -2.50. The number of carbonyl (C=O) groups is 2. The average Bonchev–Trinajstić information content (AvgIpc) is 3.40. The first-order valence-electron chi connectivity index (χ1n) is 10.4. The highest BCUT2D eigenvalue weighted by atomic mass is 35.5. The number of aryl methyl sites for hydroxylation is 1. The Hall–Kier alpha value is -3.16. The van der Waals surface area contributed by atoms with Crippen LogP contribution in [0.25, 0.3) is 15.9 Å². The quantitative estimate of drug-likeness (QED) is 0.443. The van der Waals surface area contributed by atoms with Crippen LogP contribution in [0.4, 0.5) is 0 Å². The molecule has 1 aliphatic heterocycles. The molecule has 0 spiro atoms. The number of hydrogen-bond acceptors (Lipinski definition) is 4. The molecule has 2 amide bonds. The Balaban J connectivity index is 1.33. The van der Waals surface area contributed by atoms with E-state index in [-0.39, 0.29) is 11.8 Å². The molecule has 0 bridgehead atoms. The summed E-state index contributed by atoms with van der Waals surface area (Å²) in [7, 11) is 0. The monoisotopic (exact) mass is 464 g/mol. The topological polar surface area (TPSA) is 58.4 Å². The number of halogens is 1. The Kier molecular flexibility index (Phi) is 5.45. The molecule has 4 aromatic rings. The molecule has 0 unspecified atom stereocenters. The van der Waals surface area contributed by atoms with Gasteiger partial charge in [0.2, 0.25) is 0 Å². The van der Waals surface area contributed by atoms with Gasteiger partial charge in [-0.2, -0.15) is 5.10 Å². The van der Waals surface area contributed by atoms with E-state index in [1.54, 1.807) is 0 Å². The number of carbonyl (C=O) groups excluding carboxylic acids is 2. The fraction of sp³-hybridized carbons (Fsp3) is 0.208. The lowest BCUT2D eigenvalue weighted by Gasteiger charge is -2.34. The van der Waals surface area contributed by atoms with E-state index in [2.05, 4.69) is 5.10 Å². The molecule has 2 aromatic heterocycles. The van der Waals surface area contributed by atoms with E-state index in [9.17, 15) is 9.59 Å². The molecule has 2 aromatic carbocycles. The normalized spacial score (nSPS) is 14.2. The van der Waals surface area contributed by atoms with Gasteiger partial charge in [-0.05, 0) is 49.4 Å². The Morgan fingerprint density at radius 2 is 1.53 bits per heavy atom. The van der Waals surface area contributed by atoms with Crippen molar-refractivity contribution in [1.82, 2.24) is 19.6 Å². The van der Waals surface area contributed by atoms with Crippen molar-refractivity contribution in [1.29, 1.82) is 0 Å². The van der Waals surface area contributed by atoms with Crippen LogP contribution in [0.15, 0.2) is 60.7 Å². The predicted molar refractivity (Wildman–Crippen MR) is 127 cm³/mol. The number of aromatic nitrogens is 2. The first-order valence-corrected chi connectivity index (χ1v) is 11.6. The van der Waals surface area contributed by atoms with Crippen LogP contribution in [0.2, 0.25) is 5.02 Å². The van der Waals surface area contributed by atoms with Gasteiger partial charge in [0.1, 0.15) is 4.83 Å². The van der Waals surface area contributed by atoms with E-state index < -0.39 is 0 Å². The summed E-state index contributed by atoms with van der Waals surface area (Å²) >= 11 is 7.46. The maximum absolute atomic E-state index is 13.2. The van der Waals surface area contributed by atoms with Crippen LogP contribution in [-0.2, 0) is 0 Å². The van der Waals surface area contributed by atoms with Gasteiger partial charge in [-0.3, -0.25) is 9.59 Å². The Bertz CT molecular complexity index is 1290. The maximum atomic E-state index is 13.2. The summed E-state index contributed by atoms with van der Waals surface area (Å²) in [5.41, 5.74) is 2.46. The molecule has 162 valence electrons. The minimum absolute atomic E-state index is 0.0000613. The summed E-state index contributed by atoms with van der Waals surface area (Å²) in [5, 5.41) is 6.28. The first kappa shape index (κ1) is 20.7. The molecule has 1 saturated heterocycles. The zero-order chi connectivity index (χ0) is 22.2. The van der Waals surface area contributed by atoms with Gasteiger partial charge in [-0.1, -0.05) is 29.8 Å². The lowest BCUT2D eigenvalue weighted by molar-refractivity contribution is 0.0538. The lowest BCUT2D eigenvalue weighted by atomic mass is 10.2. The van der Waals surface area contributed by atoms with Gasteiger partial charge >= 0.3 is 0 Å². The molecular formula is C24H21ClN4O2S. The molecule has 5 rings (SSSR count). The first-order chi connectivity index (χ1) is 15.5. The average molecular weight is 465 g/mol. The molecule has 0 atom stereocenters. The molecule has 8 heteroatoms. The molecule has 0 saturated carbocycles. The zero-order valence-electron chi connectivity index (χ0n) is 17.5. The number of amides is 2. The second kappa shape index (κ2) is 8.41. The number of benzene rings is 2. The van der Waals surface area contributed by atoms with Crippen molar-refractivity contribution in [3.05, 3.63) is 81.8 Å². The summed E-state index contributed by atoms with van der Waals surface area (Å²) in [4.78, 5) is 31.1. The number of fused-ring (bicyclic) bond motifs is 1. The van der Waals surface area contributed by atoms with Crippen LogP contribution in [0, 0.1) is 6.92 Å². The van der Waals surface area contributed by atoms with Gasteiger partial charge in [0.15, 0.2) is 0 Å². The number of hydrogen-bond donors (Lipinski definition) is 0. The Morgan fingerprint density at radius 3 is 2.19 bits per heavy atom. The molecule has 1 fully saturated rings. The largest absolute Gasteiger partial charge is 0.335 e. The van der Waals surface area contributed by atoms with Crippen LogP contribution >= 0.6 is 22.9 Å². The zero-order valence-corrected chi connectivity index (χ0v) is 19.1. The van der Waals surface area contributed by atoms with Crippen molar-refractivity contribution in [3.63, 3.8) is 0 Å². The van der Waals surface area contributed by atoms with Crippen LogP contribution in [0.1, 0.15) is 25.7 Å². The fourth-order valence-electron chi connectivity index (χ4n) is 3.94. The van der Waals surface area contributed by atoms with Crippen LogP contribution in [0.5, 0.6) is 0 Å². The standard InChI is InChI=1S/C24H21ClN4O2S/c1-16-20-15-21(32-24(20)29(26-16)19-9-7-18(25)8-10-19)23(31)28-13-11-27(12-14-28)22(30)17-5-3-2-4-6-17/h2-10,15H,11-14H2,1H3. The number of nitrogens with zero attached hydrogens (tertiary/aromatic N) is 4. The highest BCUT2D eigenvalue weighted by Gasteiger charge is 2.27. The van der Waals surface area contributed by atoms with Gasteiger partial charge in [0, 0.05) is 42.2 Å². The number of piperazine rings is 1. The van der Waals surface area contributed by atoms with Crippen molar-refractivity contribution in [2.75, 3.05) is 26.2 Å². The van der Waals surface area contributed by atoms with Crippen molar-refractivity contribution in [3.8, 4) is 5.69 Å². The van der Waals surface area contributed by atoms with Crippen molar-refractivity contribution >= 4 is 45.0 Å². The van der Waals surface area contributed by atoms with E-state index in [1.807, 2.05) is 82.1 Å². The van der Waals surface area contributed by atoms with Crippen molar-refractivity contribution < 1.29 is 9.59 Å². The highest BCUT2D eigenvalue weighted by molar-refractivity contribution is 7.20. The van der Waals surface area contributed by atoms with Crippen LogP contribution < -0.4 is 0 Å². The molecule has 1 aliphatic rings. The highest BCUT2D eigenvalue weighted by Crippen LogP contribution is 2.31. The van der Waals surface area contributed by atoms with E-state index >= 15 is 0 Å². The summed E-state index contributed by atoms with van der Waals surface area (Å²) in [6.07, 6.45) is 0. The molecular weight excluding hydrogens is 444 g/mol. The van der Waals surface area contributed by atoms with Crippen LogP contribution in [0.3, 0.4) is 0 Å². The van der Waals surface area contributed by atoms with Crippen molar-refractivity contribution in [2.24, 2.45) is 0 Å². The van der Waals surface area contributed by atoms with E-state index in [1.165, 1.54) is 11.3 Å². The third-order valence-electron chi connectivity index (χ3n) is 5.70. The third-order valence-corrected chi connectivity index (χ3v) is 7.05. The number of rotatable bonds is 3. The van der Waals surface area contributed by atoms with E-state index in [0.717, 1.165) is 21.6 Å². The number of thiophene rings is 1. The summed E-state index contributed by atoms with van der Waals surface area (Å²) in [6, 6.07) is 18.7. The Morgan fingerprint density at radius 1 is 0.906 bits per heavy atom. The minimum Gasteiger partial charge on any atom is -0.335 e. The van der Waals surface area contributed by atoms with Crippen molar-refractivity contribution in [2.45, 2.75) is 6.92 Å². The molecule has 32 heavy (non-hydrogen) atoms. The van der Waals surface area contributed by atoms with Crippen LogP contribution in [-0.4, -0.2) is 57.6 Å². The van der Waals surface area contributed by atoms with E-state index in [0.29, 0.717) is 41.6 Å². The fourth-order valence-corrected chi connectivity index (χ4v) is 5.22.